The van der Waals surface area contributed by atoms with Gasteiger partial charge < -0.3 is 19.9 Å². The lowest BCUT2D eigenvalue weighted by Crippen LogP contribution is -2.35. The Kier molecular flexibility index (Phi) is 6.06. The Morgan fingerprint density at radius 2 is 1.94 bits per heavy atom. The molecule has 0 amide bonds. The monoisotopic (exact) mass is 249 g/mol. The highest BCUT2D eigenvalue weighted by Crippen LogP contribution is 2.16. The van der Waals surface area contributed by atoms with Gasteiger partial charge in [-0.2, -0.15) is 0 Å². The first-order chi connectivity index (χ1) is 8.65. The summed E-state index contributed by atoms with van der Waals surface area (Å²) in [5.74, 6) is 3.99. The Hall–Kier alpha value is -1.70. The number of terminal acetylenes is 1. The second-order valence-electron chi connectivity index (χ2n) is 3.94. The van der Waals surface area contributed by atoms with E-state index < -0.39 is 6.10 Å². The summed E-state index contributed by atoms with van der Waals surface area (Å²) in [5.41, 5.74) is 0. The Balaban J connectivity index is 2.29. The van der Waals surface area contributed by atoms with Crippen molar-refractivity contribution in [2.24, 2.45) is 0 Å². The molecule has 0 heterocycles. The summed E-state index contributed by atoms with van der Waals surface area (Å²) >= 11 is 0. The van der Waals surface area contributed by atoms with Gasteiger partial charge in [-0.15, -0.1) is 6.42 Å². The first kappa shape index (κ1) is 14.4. The number of methoxy groups -OCH3 is 1. The zero-order valence-electron chi connectivity index (χ0n) is 10.7. The van der Waals surface area contributed by atoms with Crippen LogP contribution >= 0.6 is 0 Å². The quantitative estimate of drug-likeness (QED) is 0.709. The summed E-state index contributed by atoms with van der Waals surface area (Å²) in [6, 6.07) is 7.15. The van der Waals surface area contributed by atoms with Crippen LogP contribution in [0.25, 0.3) is 0 Å². The van der Waals surface area contributed by atoms with E-state index in [-0.39, 0.29) is 12.6 Å². The van der Waals surface area contributed by atoms with Crippen molar-refractivity contribution in [2.45, 2.75) is 19.1 Å². The molecule has 2 atom stereocenters. The highest BCUT2D eigenvalue weighted by atomic mass is 16.5. The number of nitrogens with one attached hydrogen (secondary N) is 1. The molecule has 1 aromatic rings. The summed E-state index contributed by atoms with van der Waals surface area (Å²) in [6.07, 6.45) is 4.62. The van der Waals surface area contributed by atoms with Gasteiger partial charge >= 0.3 is 0 Å². The van der Waals surface area contributed by atoms with E-state index in [4.69, 9.17) is 15.9 Å². The second kappa shape index (κ2) is 7.59. The van der Waals surface area contributed by atoms with Crippen LogP contribution in [0.1, 0.15) is 6.92 Å². The molecule has 0 saturated heterocycles. The molecule has 1 aromatic carbocycles. The molecule has 1 rings (SSSR count). The van der Waals surface area contributed by atoms with E-state index >= 15 is 0 Å². The maximum Gasteiger partial charge on any atom is 0.119 e. The molecule has 18 heavy (non-hydrogen) atoms. The minimum atomic E-state index is -0.595. The number of ether oxygens (including phenoxy) is 2. The third-order valence-corrected chi connectivity index (χ3v) is 2.41. The van der Waals surface area contributed by atoms with Crippen LogP contribution in [0.5, 0.6) is 11.5 Å². The van der Waals surface area contributed by atoms with Gasteiger partial charge in [0.25, 0.3) is 0 Å². The maximum absolute atomic E-state index is 9.67. The summed E-state index contributed by atoms with van der Waals surface area (Å²) < 4.78 is 10.5. The van der Waals surface area contributed by atoms with Gasteiger partial charge in [-0.05, 0) is 31.2 Å². The summed E-state index contributed by atoms with van der Waals surface area (Å²) in [6.45, 7) is 2.48. The third kappa shape index (κ3) is 5.09. The summed E-state index contributed by atoms with van der Waals surface area (Å²) in [4.78, 5) is 0. The van der Waals surface area contributed by atoms with Gasteiger partial charge in [0.15, 0.2) is 0 Å². The molecule has 0 aromatic heterocycles. The van der Waals surface area contributed by atoms with Crippen molar-refractivity contribution in [3.8, 4) is 23.8 Å². The van der Waals surface area contributed by atoms with Crippen molar-refractivity contribution in [3.63, 3.8) is 0 Å². The van der Waals surface area contributed by atoms with Crippen molar-refractivity contribution >= 4 is 0 Å². The van der Waals surface area contributed by atoms with Gasteiger partial charge in [-0.3, -0.25) is 0 Å². The van der Waals surface area contributed by atoms with E-state index in [2.05, 4.69) is 11.2 Å². The number of rotatable bonds is 7. The van der Waals surface area contributed by atoms with Crippen LogP contribution in [0.4, 0.5) is 0 Å². The number of hydrogen-bond donors (Lipinski definition) is 2. The van der Waals surface area contributed by atoms with Crippen molar-refractivity contribution in [1.82, 2.24) is 5.32 Å². The molecular formula is C14H19NO3. The van der Waals surface area contributed by atoms with Gasteiger partial charge in [-0.1, -0.05) is 5.92 Å². The number of hydrogen-bond acceptors (Lipinski definition) is 4. The lowest BCUT2D eigenvalue weighted by molar-refractivity contribution is 0.105. The summed E-state index contributed by atoms with van der Waals surface area (Å²) in [5, 5.41) is 12.7. The highest BCUT2D eigenvalue weighted by Gasteiger charge is 2.06. The van der Waals surface area contributed by atoms with Gasteiger partial charge in [-0.25, -0.2) is 0 Å². The van der Waals surface area contributed by atoms with E-state index in [1.807, 2.05) is 6.92 Å². The Bertz CT molecular complexity index is 383. The van der Waals surface area contributed by atoms with Crippen molar-refractivity contribution in [3.05, 3.63) is 24.3 Å². The molecule has 0 bridgehead atoms. The third-order valence-electron chi connectivity index (χ3n) is 2.41. The number of benzene rings is 1. The van der Waals surface area contributed by atoms with Gasteiger partial charge in [0.2, 0.25) is 0 Å². The molecular weight excluding hydrogens is 230 g/mol. The lowest BCUT2D eigenvalue weighted by atomic mass is 10.3. The number of aliphatic hydroxyl groups excluding tert-OH is 1. The normalized spacial score (nSPS) is 13.4. The van der Waals surface area contributed by atoms with Crippen LogP contribution in [0, 0.1) is 12.3 Å². The fourth-order valence-electron chi connectivity index (χ4n) is 1.30. The minimum absolute atomic E-state index is 0.0550. The van der Waals surface area contributed by atoms with Crippen molar-refractivity contribution < 1.29 is 14.6 Å². The van der Waals surface area contributed by atoms with Crippen LogP contribution in [0.3, 0.4) is 0 Å². The second-order valence-corrected chi connectivity index (χ2v) is 3.94. The Labute approximate surface area is 108 Å². The van der Waals surface area contributed by atoms with E-state index in [0.29, 0.717) is 12.3 Å². The van der Waals surface area contributed by atoms with Crippen LogP contribution in [-0.2, 0) is 0 Å². The van der Waals surface area contributed by atoms with Crippen LogP contribution in [0.15, 0.2) is 24.3 Å². The van der Waals surface area contributed by atoms with Crippen LogP contribution < -0.4 is 14.8 Å². The molecule has 98 valence electrons. The first-order valence-electron chi connectivity index (χ1n) is 5.80. The molecule has 0 radical (unpaired) electrons. The van der Waals surface area contributed by atoms with Gasteiger partial charge in [0.1, 0.15) is 24.2 Å². The van der Waals surface area contributed by atoms with Crippen LogP contribution in [-0.4, -0.2) is 37.5 Å². The molecule has 2 N–H and O–H groups in total. The van der Waals surface area contributed by atoms with Gasteiger partial charge in [0.05, 0.1) is 13.2 Å². The van der Waals surface area contributed by atoms with Crippen LogP contribution in [0.2, 0.25) is 0 Å². The molecule has 0 aliphatic rings. The molecule has 4 heteroatoms. The molecule has 0 aliphatic carbocycles. The van der Waals surface area contributed by atoms with E-state index in [1.165, 1.54) is 0 Å². The van der Waals surface area contributed by atoms with E-state index in [9.17, 15) is 5.11 Å². The standard InChI is InChI=1S/C14H19NO3/c1-4-11(2)15-9-12(16)10-18-14-7-5-13(17-3)6-8-14/h1,5-8,11-12,15-16H,9-10H2,2-3H3. The zero-order chi connectivity index (χ0) is 13.4. The molecule has 0 saturated carbocycles. The maximum atomic E-state index is 9.67. The minimum Gasteiger partial charge on any atom is -0.497 e. The fourth-order valence-corrected chi connectivity index (χ4v) is 1.30. The predicted molar refractivity (Wildman–Crippen MR) is 70.8 cm³/mol. The molecule has 0 fully saturated rings. The molecule has 4 nitrogen and oxygen atoms in total. The zero-order valence-corrected chi connectivity index (χ0v) is 10.7. The molecule has 2 unspecified atom stereocenters. The first-order valence-corrected chi connectivity index (χ1v) is 5.80. The smallest absolute Gasteiger partial charge is 0.119 e. The number of aliphatic hydroxyl groups is 1. The van der Waals surface area contributed by atoms with Crippen molar-refractivity contribution in [1.29, 1.82) is 0 Å². The van der Waals surface area contributed by atoms with E-state index in [1.54, 1.807) is 31.4 Å². The average Bonchev–Trinajstić information content (AvgIpc) is 2.42. The summed E-state index contributed by atoms with van der Waals surface area (Å²) in [7, 11) is 1.61. The SMILES string of the molecule is C#CC(C)NCC(O)COc1ccc(OC)cc1. The Morgan fingerprint density at radius 3 is 2.50 bits per heavy atom. The average molecular weight is 249 g/mol. The van der Waals surface area contributed by atoms with Gasteiger partial charge in [0, 0.05) is 6.54 Å². The largest absolute Gasteiger partial charge is 0.497 e. The predicted octanol–water partition coefficient (Wildman–Crippen LogP) is 1.05. The fraction of sp³-hybridized carbons (Fsp3) is 0.429. The molecule has 0 spiro atoms. The van der Waals surface area contributed by atoms with Crippen molar-refractivity contribution in [2.75, 3.05) is 20.3 Å². The topological polar surface area (TPSA) is 50.7 Å². The lowest BCUT2D eigenvalue weighted by Gasteiger charge is -2.14. The Morgan fingerprint density at radius 1 is 1.33 bits per heavy atom. The van der Waals surface area contributed by atoms with E-state index in [0.717, 1.165) is 5.75 Å². The highest BCUT2D eigenvalue weighted by molar-refractivity contribution is 5.31. The molecule has 0 aliphatic heterocycles.